The monoisotopic (exact) mass is 182 g/mol. The third-order valence-corrected chi connectivity index (χ3v) is 1.71. The van der Waals surface area contributed by atoms with Crippen LogP contribution in [0.4, 0.5) is 5.88 Å². The molecular weight excluding hydrogens is 172 g/mol. The Labute approximate surface area is 74.7 Å². The van der Waals surface area contributed by atoms with Crippen LogP contribution in [0.15, 0.2) is 4.42 Å². The van der Waals surface area contributed by atoms with Gasteiger partial charge in [0.15, 0.2) is 5.78 Å². The first-order valence-electron chi connectivity index (χ1n) is 3.64. The molecule has 0 saturated carbocycles. The molecule has 1 amide bonds. The fourth-order valence-electron chi connectivity index (χ4n) is 1.23. The fraction of sp³-hybridized carbons (Fsp3) is 0.250. The Morgan fingerprint density at radius 1 is 1.31 bits per heavy atom. The van der Waals surface area contributed by atoms with Crippen LogP contribution in [-0.2, 0) is 0 Å². The maximum Gasteiger partial charge on any atom is 0.254 e. The van der Waals surface area contributed by atoms with Gasteiger partial charge < -0.3 is 15.9 Å². The van der Waals surface area contributed by atoms with E-state index in [0.29, 0.717) is 5.76 Å². The number of hydrogen-bond acceptors (Lipinski definition) is 4. The second-order valence-corrected chi connectivity index (χ2v) is 2.69. The molecule has 0 bridgehead atoms. The van der Waals surface area contributed by atoms with Crippen LogP contribution in [0.3, 0.4) is 0 Å². The largest absolute Gasteiger partial charge is 0.445 e. The van der Waals surface area contributed by atoms with Crippen LogP contribution in [-0.4, -0.2) is 11.7 Å². The lowest BCUT2D eigenvalue weighted by Crippen LogP contribution is -2.15. The van der Waals surface area contributed by atoms with E-state index in [1.54, 1.807) is 6.92 Å². The summed E-state index contributed by atoms with van der Waals surface area (Å²) in [7, 11) is 0. The number of aryl methyl sites for hydroxylation is 1. The van der Waals surface area contributed by atoms with Crippen LogP contribution in [0, 0.1) is 6.92 Å². The molecule has 5 nitrogen and oxygen atoms in total. The molecule has 0 aliphatic rings. The number of anilines is 1. The molecule has 5 heteroatoms. The zero-order valence-corrected chi connectivity index (χ0v) is 7.38. The van der Waals surface area contributed by atoms with Crippen molar-refractivity contribution in [1.29, 1.82) is 0 Å². The van der Waals surface area contributed by atoms with Gasteiger partial charge in [-0.05, 0) is 13.8 Å². The Kier molecular flexibility index (Phi) is 2.10. The number of Topliss-reactive ketones (excluding diaryl/α,β-unsaturated/α-hetero) is 1. The first-order chi connectivity index (χ1) is 5.95. The van der Waals surface area contributed by atoms with Crippen molar-refractivity contribution in [3.8, 4) is 0 Å². The predicted octanol–water partition coefficient (Wildman–Crippen LogP) is 0.472. The van der Waals surface area contributed by atoms with Crippen molar-refractivity contribution in [1.82, 2.24) is 0 Å². The Morgan fingerprint density at radius 2 is 1.85 bits per heavy atom. The highest BCUT2D eigenvalue weighted by Gasteiger charge is 2.22. The molecule has 1 aromatic rings. The van der Waals surface area contributed by atoms with Gasteiger partial charge in [-0.15, -0.1) is 0 Å². The third kappa shape index (κ3) is 1.40. The number of carbonyl (C=O) groups excluding carboxylic acids is 2. The molecular formula is C8H10N2O3. The Hall–Kier alpha value is -1.78. The van der Waals surface area contributed by atoms with Crippen LogP contribution >= 0.6 is 0 Å². The number of ketones is 1. The van der Waals surface area contributed by atoms with E-state index in [2.05, 4.69) is 0 Å². The zero-order chi connectivity index (χ0) is 10.2. The SMILES string of the molecule is CC(=O)c1c(C)oc(N)c1C(N)=O. The van der Waals surface area contributed by atoms with Crippen LogP contribution in [0.1, 0.15) is 33.4 Å². The molecule has 1 rings (SSSR count). The molecule has 0 atom stereocenters. The van der Waals surface area contributed by atoms with E-state index in [1.165, 1.54) is 6.92 Å². The van der Waals surface area contributed by atoms with Crippen molar-refractivity contribution >= 4 is 17.6 Å². The predicted molar refractivity (Wildman–Crippen MR) is 46.4 cm³/mol. The van der Waals surface area contributed by atoms with Gasteiger partial charge in [-0.2, -0.15) is 0 Å². The van der Waals surface area contributed by atoms with Crippen molar-refractivity contribution in [2.75, 3.05) is 5.73 Å². The lowest BCUT2D eigenvalue weighted by atomic mass is 10.1. The summed E-state index contributed by atoms with van der Waals surface area (Å²) < 4.78 is 4.92. The van der Waals surface area contributed by atoms with E-state index in [0.717, 1.165) is 0 Å². The molecule has 1 aromatic heterocycles. The van der Waals surface area contributed by atoms with Gasteiger partial charge in [0, 0.05) is 0 Å². The highest BCUT2D eigenvalue weighted by molar-refractivity contribution is 6.10. The van der Waals surface area contributed by atoms with E-state index in [1.807, 2.05) is 0 Å². The number of carbonyl (C=O) groups is 2. The summed E-state index contributed by atoms with van der Waals surface area (Å²) in [4.78, 5) is 22.0. The van der Waals surface area contributed by atoms with Gasteiger partial charge in [0.25, 0.3) is 5.91 Å². The smallest absolute Gasteiger partial charge is 0.254 e. The molecule has 0 aliphatic carbocycles. The van der Waals surface area contributed by atoms with Crippen molar-refractivity contribution in [3.63, 3.8) is 0 Å². The summed E-state index contributed by atoms with van der Waals surface area (Å²) in [5.74, 6) is -0.819. The quantitative estimate of drug-likeness (QED) is 0.649. The number of nitrogen functional groups attached to an aromatic ring is 1. The van der Waals surface area contributed by atoms with E-state index >= 15 is 0 Å². The number of nitrogens with two attached hydrogens (primary N) is 2. The van der Waals surface area contributed by atoms with Gasteiger partial charge in [-0.25, -0.2) is 0 Å². The second-order valence-electron chi connectivity index (χ2n) is 2.69. The summed E-state index contributed by atoms with van der Waals surface area (Å²) in [5, 5.41) is 0. The summed E-state index contributed by atoms with van der Waals surface area (Å²) in [6.45, 7) is 2.88. The Balaban J connectivity index is 3.47. The van der Waals surface area contributed by atoms with Crippen molar-refractivity contribution < 1.29 is 14.0 Å². The maximum absolute atomic E-state index is 11.1. The van der Waals surface area contributed by atoms with Gasteiger partial charge in [0.05, 0.1) is 5.56 Å². The maximum atomic E-state index is 11.1. The van der Waals surface area contributed by atoms with Gasteiger partial charge >= 0.3 is 0 Å². The molecule has 0 saturated heterocycles. The summed E-state index contributed by atoms with van der Waals surface area (Å²) >= 11 is 0. The third-order valence-electron chi connectivity index (χ3n) is 1.71. The van der Waals surface area contributed by atoms with E-state index in [4.69, 9.17) is 15.9 Å². The van der Waals surface area contributed by atoms with E-state index < -0.39 is 5.91 Å². The summed E-state index contributed by atoms with van der Waals surface area (Å²) in [5.41, 5.74) is 10.5. The van der Waals surface area contributed by atoms with Gasteiger partial charge in [-0.1, -0.05) is 0 Å². The molecule has 70 valence electrons. The van der Waals surface area contributed by atoms with Crippen molar-refractivity contribution in [2.45, 2.75) is 13.8 Å². The highest BCUT2D eigenvalue weighted by atomic mass is 16.4. The molecule has 0 radical (unpaired) electrons. The zero-order valence-electron chi connectivity index (χ0n) is 7.38. The first-order valence-corrected chi connectivity index (χ1v) is 3.64. The molecule has 0 unspecified atom stereocenters. The van der Waals surface area contributed by atoms with Crippen molar-refractivity contribution in [2.24, 2.45) is 5.73 Å². The van der Waals surface area contributed by atoms with Crippen molar-refractivity contribution in [3.05, 3.63) is 16.9 Å². The lowest BCUT2D eigenvalue weighted by Gasteiger charge is -1.94. The number of furan rings is 1. The summed E-state index contributed by atoms with van der Waals surface area (Å²) in [6.07, 6.45) is 0. The van der Waals surface area contributed by atoms with E-state index in [-0.39, 0.29) is 22.8 Å². The number of primary amides is 1. The molecule has 0 spiro atoms. The summed E-state index contributed by atoms with van der Waals surface area (Å²) in [6, 6.07) is 0. The fourth-order valence-corrected chi connectivity index (χ4v) is 1.23. The lowest BCUT2D eigenvalue weighted by molar-refractivity contribution is 0.0974. The van der Waals surface area contributed by atoms with Gasteiger partial charge in [0.1, 0.15) is 11.3 Å². The number of hydrogen-bond donors (Lipinski definition) is 2. The Morgan fingerprint density at radius 3 is 2.15 bits per heavy atom. The molecule has 13 heavy (non-hydrogen) atoms. The van der Waals surface area contributed by atoms with E-state index in [9.17, 15) is 9.59 Å². The minimum Gasteiger partial charge on any atom is -0.445 e. The molecule has 4 N–H and O–H groups in total. The van der Waals surface area contributed by atoms with Crippen LogP contribution < -0.4 is 11.5 Å². The van der Waals surface area contributed by atoms with Gasteiger partial charge in [-0.3, -0.25) is 9.59 Å². The number of rotatable bonds is 2. The minimum atomic E-state index is -0.750. The normalized spacial score (nSPS) is 10.0. The number of amides is 1. The molecule has 0 aliphatic heterocycles. The standard InChI is InChI=1S/C8H10N2O3/c1-3(11)5-4(2)13-8(10)6(5)7(9)12/h10H2,1-2H3,(H2,9,12). The van der Waals surface area contributed by atoms with Crippen LogP contribution in [0.2, 0.25) is 0 Å². The average Bonchev–Trinajstić information content (AvgIpc) is 2.24. The van der Waals surface area contributed by atoms with Crippen LogP contribution in [0.5, 0.6) is 0 Å². The highest BCUT2D eigenvalue weighted by Crippen LogP contribution is 2.24. The molecule has 0 aromatic carbocycles. The average molecular weight is 182 g/mol. The topological polar surface area (TPSA) is 99.3 Å². The molecule has 1 heterocycles. The van der Waals surface area contributed by atoms with Crippen LogP contribution in [0.25, 0.3) is 0 Å². The first kappa shape index (κ1) is 9.31. The second kappa shape index (κ2) is 2.93. The molecule has 0 fully saturated rings. The Bertz CT molecular complexity index is 344. The van der Waals surface area contributed by atoms with Gasteiger partial charge in [0.2, 0.25) is 5.88 Å². The minimum absolute atomic E-state index is 0.0231.